The molecular weight excluding hydrogens is 358 g/mol. The van der Waals surface area contributed by atoms with Gasteiger partial charge in [-0.3, -0.25) is 14.7 Å². The number of hydrogen-bond acceptors (Lipinski definition) is 6. The number of fused-ring (bicyclic) bond motifs is 2. The van der Waals surface area contributed by atoms with Crippen LogP contribution in [0.1, 0.15) is 5.56 Å². The molecule has 0 amide bonds. The number of benzene rings is 1. The van der Waals surface area contributed by atoms with Gasteiger partial charge in [-0.15, -0.1) is 0 Å². The molecule has 0 aliphatic carbocycles. The van der Waals surface area contributed by atoms with Gasteiger partial charge in [0.2, 0.25) is 11.7 Å². The predicted octanol–water partition coefficient (Wildman–Crippen LogP) is 2.90. The highest BCUT2D eigenvalue weighted by Crippen LogP contribution is 2.29. The first-order valence-electron chi connectivity index (χ1n) is 8.49. The molecule has 4 aromatic rings. The number of nitrogens with zero attached hydrogens (tertiary/aromatic N) is 2. The van der Waals surface area contributed by atoms with E-state index in [1.54, 1.807) is 24.7 Å². The highest BCUT2D eigenvalue weighted by atomic mass is 16.5. The molecule has 5 rings (SSSR count). The minimum atomic E-state index is -0.474. The van der Waals surface area contributed by atoms with Crippen molar-refractivity contribution >= 4 is 45.8 Å². The standard InChI is InChI=1S/C20H13N5O3/c26-10-15-18(27)17(6-12-8-22-19-14(12)2-1-5-21-19)28-20(15)24-13-4-3-11-9-23-25-16(11)7-13/h1-10,24H,(H,21,22)(H,23,25)/b17-6-. The Morgan fingerprint density at radius 1 is 1.21 bits per heavy atom. The van der Waals surface area contributed by atoms with E-state index in [0.717, 1.165) is 21.9 Å². The number of carbonyl (C=O) groups is 2. The van der Waals surface area contributed by atoms with Crippen LogP contribution in [0.2, 0.25) is 0 Å². The van der Waals surface area contributed by atoms with Gasteiger partial charge < -0.3 is 15.0 Å². The molecule has 136 valence electrons. The normalized spacial score (nSPS) is 15.6. The summed E-state index contributed by atoms with van der Waals surface area (Å²) < 4.78 is 5.69. The van der Waals surface area contributed by atoms with Crippen molar-refractivity contribution in [3.8, 4) is 0 Å². The molecule has 0 spiro atoms. The number of aromatic nitrogens is 4. The number of aromatic amines is 2. The number of pyridine rings is 1. The Hall–Kier alpha value is -4.20. The lowest BCUT2D eigenvalue weighted by atomic mass is 10.1. The summed E-state index contributed by atoms with van der Waals surface area (Å²) >= 11 is 0. The van der Waals surface area contributed by atoms with Crippen molar-refractivity contribution in [1.82, 2.24) is 20.2 Å². The van der Waals surface area contributed by atoms with E-state index in [9.17, 15) is 9.59 Å². The fourth-order valence-electron chi connectivity index (χ4n) is 3.13. The SMILES string of the molecule is O=CC1=C(Nc2ccc3cn[nH]c3c2)O/C(=C\c2c[nH]c3ncccc23)C1=O. The lowest BCUT2D eigenvalue weighted by Gasteiger charge is -2.08. The lowest BCUT2D eigenvalue weighted by molar-refractivity contribution is -0.115. The van der Waals surface area contributed by atoms with E-state index >= 15 is 0 Å². The molecule has 1 aliphatic rings. The Labute approximate surface area is 157 Å². The topological polar surface area (TPSA) is 113 Å². The monoisotopic (exact) mass is 371 g/mol. The van der Waals surface area contributed by atoms with Gasteiger partial charge in [-0.1, -0.05) is 0 Å². The molecule has 0 bridgehead atoms. The van der Waals surface area contributed by atoms with Gasteiger partial charge in [0, 0.05) is 34.4 Å². The van der Waals surface area contributed by atoms with Gasteiger partial charge in [0.25, 0.3) is 0 Å². The van der Waals surface area contributed by atoms with E-state index in [-0.39, 0.29) is 17.2 Å². The highest BCUT2D eigenvalue weighted by Gasteiger charge is 2.31. The van der Waals surface area contributed by atoms with Crippen LogP contribution in [0.4, 0.5) is 5.69 Å². The quantitative estimate of drug-likeness (QED) is 0.289. The third-order valence-electron chi connectivity index (χ3n) is 4.51. The Morgan fingerprint density at radius 3 is 3.04 bits per heavy atom. The van der Waals surface area contributed by atoms with Crippen LogP contribution in [0, 0.1) is 0 Å². The second-order valence-electron chi connectivity index (χ2n) is 6.24. The van der Waals surface area contributed by atoms with Gasteiger partial charge in [-0.05, 0) is 36.4 Å². The number of anilines is 1. The predicted molar refractivity (Wildman–Crippen MR) is 103 cm³/mol. The number of Topliss-reactive ketones (excluding diaryl/α,β-unsaturated/α-hetero) is 1. The van der Waals surface area contributed by atoms with Crippen LogP contribution in [0.25, 0.3) is 28.0 Å². The molecule has 0 radical (unpaired) electrons. The van der Waals surface area contributed by atoms with E-state index in [0.29, 0.717) is 17.6 Å². The molecule has 3 aromatic heterocycles. The Balaban J connectivity index is 1.48. The molecule has 1 aromatic carbocycles. The minimum absolute atomic E-state index is 0.0612. The first-order valence-corrected chi connectivity index (χ1v) is 8.49. The van der Waals surface area contributed by atoms with Crippen LogP contribution >= 0.6 is 0 Å². The fourth-order valence-corrected chi connectivity index (χ4v) is 3.13. The number of hydrogen-bond donors (Lipinski definition) is 3. The van der Waals surface area contributed by atoms with Gasteiger partial charge in [-0.2, -0.15) is 5.10 Å². The summed E-state index contributed by atoms with van der Waals surface area (Å²) in [7, 11) is 0. The summed E-state index contributed by atoms with van der Waals surface area (Å²) in [6.45, 7) is 0. The molecule has 28 heavy (non-hydrogen) atoms. The number of H-pyrrole nitrogens is 2. The maximum atomic E-state index is 12.6. The second kappa shape index (κ2) is 6.20. The average Bonchev–Trinajstić information content (AvgIpc) is 3.41. The number of nitrogens with one attached hydrogen (secondary N) is 3. The van der Waals surface area contributed by atoms with Crippen molar-refractivity contribution < 1.29 is 14.3 Å². The van der Waals surface area contributed by atoms with Crippen molar-refractivity contribution in [3.05, 3.63) is 71.7 Å². The molecule has 3 N–H and O–H groups in total. The van der Waals surface area contributed by atoms with E-state index in [1.807, 2.05) is 30.3 Å². The molecule has 0 atom stereocenters. The molecule has 4 heterocycles. The van der Waals surface area contributed by atoms with Crippen LogP contribution in [0.15, 0.2) is 66.1 Å². The smallest absolute Gasteiger partial charge is 0.236 e. The molecule has 0 saturated heterocycles. The molecule has 0 unspecified atom stereocenters. The van der Waals surface area contributed by atoms with Crippen LogP contribution in [-0.4, -0.2) is 32.2 Å². The maximum Gasteiger partial charge on any atom is 0.236 e. The number of allylic oxidation sites excluding steroid dienone is 1. The summed E-state index contributed by atoms with van der Waals surface area (Å²) in [4.78, 5) is 31.4. The zero-order valence-electron chi connectivity index (χ0n) is 14.4. The number of rotatable bonds is 4. The Bertz CT molecular complexity index is 1310. The van der Waals surface area contributed by atoms with Crippen LogP contribution in [0.5, 0.6) is 0 Å². The first-order chi connectivity index (χ1) is 13.7. The summed E-state index contributed by atoms with van der Waals surface area (Å²) in [5, 5.41) is 11.6. The summed E-state index contributed by atoms with van der Waals surface area (Å²) in [5.41, 5.74) is 2.88. The molecule has 0 fully saturated rings. The van der Waals surface area contributed by atoms with Crippen molar-refractivity contribution in [1.29, 1.82) is 0 Å². The van der Waals surface area contributed by atoms with E-state index in [2.05, 4.69) is 25.5 Å². The van der Waals surface area contributed by atoms with Crippen molar-refractivity contribution in [3.63, 3.8) is 0 Å². The zero-order chi connectivity index (χ0) is 19.1. The fraction of sp³-hybridized carbons (Fsp3) is 0. The van der Waals surface area contributed by atoms with E-state index in [4.69, 9.17) is 4.74 Å². The number of carbonyl (C=O) groups excluding carboxylic acids is 2. The third-order valence-corrected chi connectivity index (χ3v) is 4.51. The largest absolute Gasteiger partial charge is 0.436 e. The lowest BCUT2D eigenvalue weighted by Crippen LogP contribution is -2.03. The van der Waals surface area contributed by atoms with Gasteiger partial charge >= 0.3 is 0 Å². The summed E-state index contributed by atoms with van der Waals surface area (Å²) in [6, 6.07) is 9.20. The van der Waals surface area contributed by atoms with Crippen molar-refractivity contribution in [2.45, 2.75) is 0 Å². The van der Waals surface area contributed by atoms with Crippen LogP contribution in [0.3, 0.4) is 0 Å². The number of aldehydes is 1. The molecule has 0 saturated carbocycles. The molecule has 8 nitrogen and oxygen atoms in total. The number of ketones is 1. The van der Waals surface area contributed by atoms with Crippen molar-refractivity contribution in [2.24, 2.45) is 0 Å². The van der Waals surface area contributed by atoms with Gasteiger partial charge in [0.05, 0.1) is 11.7 Å². The summed E-state index contributed by atoms with van der Waals surface area (Å²) in [6.07, 6.45) is 7.22. The number of ether oxygens (including phenoxy) is 1. The molecule has 8 heteroatoms. The Kier molecular flexibility index (Phi) is 3.55. The van der Waals surface area contributed by atoms with Gasteiger partial charge in [0.1, 0.15) is 11.2 Å². The minimum Gasteiger partial charge on any atom is -0.436 e. The molecule has 1 aliphatic heterocycles. The van der Waals surface area contributed by atoms with Crippen LogP contribution < -0.4 is 5.32 Å². The highest BCUT2D eigenvalue weighted by molar-refractivity contribution is 6.23. The van der Waals surface area contributed by atoms with Gasteiger partial charge in [-0.25, -0.2) is 4.98 Å². The zero-order valence-corrected chi connectivity index (χ0v) is 14.4. The maximum absolute atomic E-state index is 12.6. The van der Waals surface area contributed by atoms with E-state index in [1.165, 1.54) is 0 Å². The first kappa shape index (κ1) is 16.0. The van der Waals surface area contributed by atoms with Crippen molar-refractivity contribution in [2.75, 3.05) is 5.32 Å². The summed E-state index contributed by atoms with van der Waals surface area (Å²) in [5.74, 6) is -0.307. The van der Waals surface area contributed by atoms with Gasteiger partial charge in [0.15, 0.2) is 12.0 Å². The second-order valence-corrected chi connectivity index (χ2v) is 6.24. The average molecular weight is 371 g/mol. The molecular formula is C20H13N5O3. The Morgan fingerprint density at radius 2 is 2.14 bits per heavy atom. The van der Waals surface area contributed by atoms with Crippen LogP contribution in [-0.2, 0) is 14.3 Å². The van der Waals surface area contributed by atoms with E-state index < -0.39 is 5.78 Å². The third kappa shape index (κ3) is 2.55.